The lowest BCUT2D eigenvalue weighted by molar-refractivity contribution is -0.132. The van der Waals surface area contributed by atoms with Crippen molar-refractivity contribution in [2.24, 2.45) is 0 Å². The number of rotatable bonds is 9. The molecule has 0 spiro atoms. The minimum Gasteiger partial charge on any atom is -0.497 e. The van der Waals surface area contributed by atoms with Gasteiger partial charge in [0, 0.05) is 66.3 Å². The first kappa shape index (κ1) is 30.2. The van der Waals surface area contributed by atoms with Crippen LogP contribution in [0.15, 0.2) is 79.1 Å². The number of methoxy groups -OCH3 is 1. The number of para-hydroxylation sites is 1. The van der Waals surface area contributed by atoms with Crippen molar-refractivity contribution in [1.82, 2.24) is 25.5 Å². The van der Waals surface area contributed by atoms with E-state index in [2.05, 4.69) is 70.6 Å². The molecule has 2 unspecified atom stereocenters. The molecule has 0 radical (unpaired) electrons. The molecule has 1 aliphatic rings. The van der Waals surface area contributed by atoms with E-state index in [0.29, 0.717) is 25.4 Å². The van der Waals surface area contributed by atoms with Gasteiger partial charge in [-0.25, -0.2) is 0 Å². The summed E-state index contributed by atoms with van der Waals surface area (Å²) in [4.78, 5) is 37.4. The zero-order chi connectivity index (χ0) is 31.7. The Balaban J connectivity index is 1.60. The Morgan fingerprint density at radius 2 is 1.69 bits per heavy atom. The van der Waals surface area contributed by atoms with E-state index >= 15 is 0 Å². The summed E-state index contributed by atoms with van der Waals surface area (Å²) in [6.45, 7) is 9.40. The highest BCUT2D eigenvalue weighted by molar-refractivity contribution is 5.96. The van der Waals surface area contributed by atoms with Gasteiger partial charge in [0.2, 0.25) is 11.8 Å². The van der Waals surface area contributed by atoms with E-state index in [1.54, 1.807) is 7.11 Å². The van der Waals surface area contributed by atoms with Gasteiger partial charge in [0.15, 0.2) is 0 Å². The van der Waals surface area contributed by atoms with Crippen molar-refractivity contribution in [3.8, 4) is 5.75 Å². The van der Waals surface area contributed by atoms with Gasteiger partial charge in [-0.05, 0) is 79.3 Å². The Morgan fingerprint density at radius 3 is 2.40 bits per heavy atom. The Kier molecular flexibility index (Phi) is 8.25. The molecular formula is C37H41N5O3. The number of carbonyl (C=O) groups excluding carboxylic acids is 2. The first-order valence-electron chi connectivity index (χ1n) is 15.5. The molecule has 6 rings (SSSR count). The van der Waals surface area contributed by atoms with E-state index in [1.807, 2.05) is 54.9 Å². The molecule has 0 saturated heterocycles. The largest absolute Gasteiger partial charge is 0.497 e. The number of aryl methyl sites for hydroxylation is 2. The number of H-pyrrole nitrogens is 2. The minimum atomic E-state index is -1.24. The standard InChI is InChI=1S/C37H41N5O3/c1-23-17-27(18-24(2)25(23)3)20-40-36(44)35(31-21-38-34-14-13-28(45-5)19-30(31)34)37(41-26(4)43,42-15-9-6-10-16-42)32-22-39-33-12-8-7-11-29(32)33/h6-9,11-14,17-19,21-22,35,38-39H,10,15-16,20H2,1-5H3,(H,40,44)(H,41,43). The molecule has 0 saturated carbocycles. The predicted molar refractivity (Wildman–Crippen MR) is 179 cm³/mol. The monoisotopic (exact) mass is 603 g/mol. The first-order chi connectivity index (χ1) is 21.7. The number of benzene rings is 3. The van der Waals surface area contributed by atoms with Crippen LogP contribution >= 0.6 is 0 Å². The zero-order valence-corrected chi connectivity index (χ0v) is 26.6. The Bertz CT molecular complexity index is 1890. The number of fused-ring (bicyclic) bond motifs is 2. The van der Waals surface area contributed by atoms with Gasteiger partial charge < -0.3 is 25.3 Å². The van der Waals surface area contributed by atoms with Crippen molar-refractivity contribution in [2.45, 2.75) is 52.2 Å². The van der Waals surface area contributed by atoms with E-state index in [9.17, 15) is 9.59 Å². The van der Waals surface area contributed by atoms with Crippen molar-refractivity contribution in [3.05, 3.63) is 113 Å². The maximum Gasteiger partial charge on any atom is 0.232 e. The van der Waals surface area contributed by atoms with Crippen LogP contribution in [-0.4, -0.2) is 46.9 Å². The summed E-state index contributed by atoms with van der Waals surface area (Å²) in [7, 11) is 1.64. The van der Waals surface area contributed by atoms with Gasteiger partial charge in [0.1, 0.15) is 17.3 Å². The van der Waals surface area contributed by atoms with Crippen LogP contribution in [0.3, 0.4) is 0 Å². The van der Waals surface area contributed by atoms with E-state index in [4.69, 9.17) is 4.74 Å². The third kappa shape index (κ3) is 5.51. The summed E-state index contributed by atoms with van der Waals surface area (Å²) in [6, 6.07) is 18.1. The summed E-state index contributed by atoms with van der Waals surface area (Å²) in [5, 5.41) is 8.47. The number of hydrogen-bond donors (Lipinski definition) is 4. The van der Waals surface area contributed by atoms with Crippen LogP contribution < -0.4 is 15.4 Å². The second kappa shape index (κ2) is 12.3. The number of aromatic nitrogens is 2. The van der Waals surface area contributed by atoms with Gasteiger partial charge in [0.05, 0.1) is 7.11 Å². The average molecular weight is 604 g/mol. The molecule has 8 heteroatoms. The third-order valence-electron chi connectivity index (χ3n) is 9.29. The number of amides is 2. The second-order valence-corrected chi connectivity index (χ2v) is 12.1. The molecule has 8 nitrogen and oxygen atoms in total. The smallest absolute Gasteiger partial charge is 0.232 e. The van der Waals surface area contributed by atoms with Crippen molar-refractivity contribution < 1.29 is 14.3 Å². The summed E-state index contributed by atoms with van der Waals surface area (Å²) < 4.78 is 5.61. The molecule has 0 aliphatic carbocycles. The van der Waals surface area contributed by atoms with Crippen molar-refractivity contribution in [2.75, 3.05) is 20.2 Å². The summed E-state index contributed by atoms with van der Waals surface area (Å²) in [6.07, 6.45) is 8.90. The Labute approximate surface area is 263 Å². The Morgan fingerprint density at radius 1 is 0.956 bits per heavy atom. The second-order valence-electron chi connectivity index (χ2n) is 12.1. The molecule has 232 valence electrons. The molecule has 0 bridgehead atoms. The third-order valence-corrected chi connectivity index (χ3v) is 9.29. The quantitative estimate of drug-likeness (QED) is 0.150. The van der Waals surface area contributed by atoms with Gasteiger partial charge in [-0.15, -0.1) is 0 Å². The maximum atomic E-state index is 15.0. The maximum absolute atomic E-state index is 15.0. The van der Waals surface area contributed by atoms with Crippen molar-refractivity contribution >= 4 is 33.6 Å². The molecule has 4 N–H and O–H groups in total. The van der Waals surface area contributed by atoms with Gasteiger partial charge in [-0.2, -0.15) is 0 Å². The average Bonchev–Trinajstić information content (AvgIpc) is 3.67. The van der Waals surface area contributed by atoms with Crippen molar-refractivity contribution in [1.29, 1.82) is 0 Å². The molecule has 1 aliphatic heterocycles. The Hall–Kier alpha value is -4.82. The lowest BCUT2D eigenvalue weighted by Crippen LogP contribution is -2.64. The number of nitrogens with one attached hydrogen (secondary N) is 4. The van der Waals surface area contributed by atoms with Crippen LogP contribution in [0.5, 0.6) is 5.75 Å². The molecule has 2 aromatic heterocycles. The van der Waals surface area contributed by atoms with Crippen LogP contribution in [-0.2, 0) is 21.8 Å². The van der Waals surface area contributed by atoms with E-state index in [-0.39, 0.29) is 11.8 Å². The highest BCUT2D eigenvalue weighted by atomic mass is 16.5. The van der Waals surface area contributed by atoms with Gasteiger partial charge in [-0.3, -0.25) is 14.5 Å². The van der Waals surface area contributed by atoms with E-state index in [1.165, 1.54) is 23.6 Å². The van der Waals surface area contributed by atoms with Crippen LogP contribution in [0.25, 0.3) is 21.8 Å². The highest BCUT2D eigenvalue weighted by Gasteiger charge is 2.52. The number of aromatic amines is 2. The number of nitrogens with zero attached hydrogens (tertiary/aromatic N) is 1. The van der Waals surface area contributed by atoms with Gasteiger partial charge >= 0.3 is 0 Å². The summed E-state index contributed by atoms with van der Waals surface area (Å²) in [5.41, 5.74) is 6.82. The molecule has 3 aromatic carbocycles. The summed E-state index contributed by atoms with van der Waals surface area (Å²) in [5.74, 6) is -0.579. The topological polar surface area (TPSA) is 102 Å². The highest BCUT2D eigenvalue weighted by Crippen LogP contribution is 2.46. The molecule has 3 heterocycles. The zero-order valence-electron chi connectivity index (χ0n) is 26.6. The fourth-order valence-electron chi connectivity index (χ4n) is 6.91. The van der Waals surface area contributed by atoms with E-state index < -0.39 is 11.6 Å². The first-order valence-corrected chi connectivity index (χ1v) is 15.5. The molecule has 0 fully saturated rings. The number of hydrogen-bond acceptors (Lipinski definition) is 4. The van der Waals surface area contributed by atoms with Crippen LogP contribution in [0.2, 0.25) is 0 Å². The molecule has 2 amide bonds. The molecule has 5 aromatic rings. The van der Waals surface area contributed by atoms with Crippen LogP contribution in [0.1, 0.15) is 52.6 Å². The molecule has 45 heavy (non-hydrogen) atoms. The SMILES string of the molecule is COc1ccc2[nH]cc(C(C(=O)NCc3cc(C)c(C)c(C)c3)C(NC(C)=O)(c3c[nH]c4ccccc34)N3CC=CCC3)c2c1. The van der Waals surface area contributed by atoms with Crippen molar-refractivity contribution in [3.63, 3.8) is 0 Å². The minimum absolute atomic E-state index is 0.191. The normalized spacial score (nSPS) is 15.6. The fraction of sp³-hybridized carbons (Fsp3) is 0.297. The number of carbonyl (C=O) groups is 2. The van der Waals surface area contributed by atoms with Gasteiger partial charge in [0.25, 0.3) is 0 Å². The fourth-order valence-corrected chi connectivity index (χ4v) is 6.91. The van der Waals surface area contributed by atoms with Gasteiger partial charge in [-0.1, -0.05) is 42.5 Å². The van der Waals surface area contributed by atoms with Crippen LogP contribution in [0, 0.1) is 20.8 Å². The molecular weight excluding hydrogens is 562 g/mol. The predicted octanol–water partition coefficient (Wildman–Crippen LogP) is 6.23. The molecule has 2 atom stereocenters. The summed E-state index contributed by atoms with van der Waals surface area (Å²) >= 11 is 0. The van der Waals surface area contributed by atoms with Crippen LogP contribution in [0.4, 0.5) is 0 Å². The lowest BCUT2D eigenvalue weighted by atomic mass is 9.77. The lowest BCUT2D eigenvalue weighted by Gasteiger charge is -2.49. The number of ether oxygens (including phenoxy) is 1. The van der Waals surface area contributed by atoms with E-state index in [0.717, 1.165) is 44.9 Å².